The van der Waals surface area contributed by atoms with Gasteiger partial charge in [0.25, 0.3) is 0 Å². The van der Waals surface area contributed by atoms with Crippen LogP contribution in [0.25, 0.3) is 22.2 Å². The van der Waals surface area contributed by atoms with Crippen LogP contribution in [0, 0.1) is 0 Å². The van der Waals surface area contributed by atoms with Gasteiger partial charge in [-0.05, 0) is 47.7 Å². The van der Waals surface area contributed by atoms with E-state index in [1.54, 1.807) is 0 Å². The summed E-state index contributed by atoms with van der Waals surface area (Å²) < 4.78 is 2.24. The maximum atomic E-state index is 5.47. The molecular weight excluding hydrogens is 450 g/mol. The third kappa shape index (κ3) is 3.58. The predicted molar refractivity (Wildman–Crippen MR) is 150 cm³/mol. The van der Waals surface area contributed by atoms with Gasteiger partial charge in [-0.2, -0.15) is 5.10 Å². The molecule has 0 amide bonds. The van der Waals surface area contributed by atoms with Crippen molar-refractivity contribution in [3.63, 3.8) is 0 Å². The Morgan fingerprint density at radius 2 is 1.16 bits per heavy atom. The van der Waals surface area contributed by atoms with Crippen LogP contribution in [0.15, 0.2) is 134 Å². The molecule has 2 heterocycles. The van der Waals surface area contributed by atoms with Crippen molar-refractivity contribution in [1.29, 1.82) is 0 Å². The quantitative estimate of drug-likeness (QED) is 0.229. The third-order valence-electron chi connectivity index (χ3n) is 7.53. The van der Waals surface area contributed by atoms with Crippen molar-refractivity contribution < 1.29 is 0 Å². The summed E-state index contributed by atoms with van der Waals surface area (Å²) in [6, 6.07) is 45.2. The Hall–Kier alpha value is -4.50. The van der Waals surface area contributed by atoms with Gasteiger partial charge in [-0.1, -0.05) is 109 Å². The molecule has 1 saturated carbocycles. The van der Waals surface area contributed by atoms with E-state index >= 15 is 0 Å². The van der Waals surface area contributed by atoms with Gasteiger partial charge in [-0.25, -0.2) is 4.68 Å². The van der Waals surface area contributed by atoms with Crippen LogP contribution in [0.5, 0.6) is 0 Å². The Labute approximate surface area is 217 Å². The number of nitrogens with zero attached hydrogens (tertiary/aromatic N) is 3. The molecule has 7 rings (SSSR count). The van der Waals surface area contributed by atoms with E-state index in [1.807, 2.05) is 6.20 Å². The first kappa shape index (κ1) is 21.8. The monoisotopic (exact) mass is 477 g/mol. The predicted octanol–water partition coefficient (Wildman–Crippen LogP) is 7.82. The fraction of sp³-hybridized carbons (Fsp3) is 0.118. The smallest absolute Gasteiger partial charge is 0.138 e. The van der Waals surface area contributed by atoms with Crippen LogP contribution < -0.4 is 0 Å². The molecule has 6 aromatic rings. The topological polar surface area (TPSA) is 30.7 Å². The van der Waals surface area contributed by atoms with E-state index < -0.39 is 5.54 Å². The lowest BCUT2D eigenvalue weighted by molar-refractivity contribution is 0.477. The van der Waals surface area contributed by atoms with Gasteiger partial charge in [0.15, 0.2) is 0 Å². The van der Waals surface area contributed by atoms with E-state index in [0.717, 1.165) is 22.2 Å². The summed E-state index contributed by atoms with van der Waals surface area (Å²) >= 11 is 0. The van der Waals surface area contributed by atoms with E-state index in [-0.39, 0.29) is 0 Å². The largest absolute Gasteiger partial charge is 0.261 e. The highest BCUT2D eigenvalue weighted by atomic mass is 15.3. The number of rotatable bonds is 6. The number of pyridine rings is 1. The van der Waals surface area contributed by atoms with Crippen LogP contribution in [-0.2, 0) is 5.54 Å². The molecule has 0 aliphatic heterocycles. The van der Waals surface area contributed by atoms with Crippen molar-refractivity contribution in [3.05, 3.63) is 156 Å². The van der Waals surface area contributed by atoms with Gasteiger partial charge in [-0.15, -0.1) is 0 Å². The number of para-hydroxylation sites is 1. The first-order valence-corrected chi connectivity index (χ1v) is 13.0. The fourth-order valence-corrected chi connectivity index (χ4v) is 5.64. The van der Waals surface area contributed by atoms with Crippen LogP contribution >= 0.6 is 0 Å². The van der Waals surface area contributed by atoms with Gasteiger partial charge < -0.3 is 0 Å². The average molecular weight is 478 g/mol. The van der Waals surface area contributed by atoms with E-state index in [0.29, 0.717) is 5.92 Å². The lowest BCUT2D eigenvalue weighted by Crippen LogP contribution is -2.38. The number of hydrogen-bond acceptors (Lipinski definition) is 2. The number of fused-ring (bicyclic) bond motifs is 1. The summed E-state index contributed by atoms with van der Waals surface area (Å²) in [5.41, 5.74) is 7.23. The maximum absolute atomic E-state index is 5.47. The summed E-state index contributed by atoms with van der Waals surface area (Å²) in [6.45, 7) is 0. The standard InChI is InChI=1S/C34H27N3/c1-4-12-27(13-5-1)34(28-14-6-2-7-15-28,29-16-8-3-9-17-29)37-32-19-11-10-18-30(32)33(36-37)26-22-23-35-31(24-26)25-20-21-25/h1-19,22-25H,20-21H2. The van der Waals surface area contributed by atoms with Crippen molar-refractivity contribution in [1.82, 2.24) is 14.8 Å². The van der Waals surface area contributed by atoms with Gasteiger partial charge in [0.1, 0.15) is 11.2 Å². The molecule has 0 unspecified atom stereocenters. The van der Waals surface area contributed by atoms with E-state index in [9.17, 15) is 0 Å². The SMILES string of the molecule is c1ccc(C(c2ccccc2)(c2ccccc2)n2nc(-c3ccnc(C4CC4)c3)c3ccccc32)cc1. The van der Waals surface area contributed by atoms with Gasteiger partial charge >= 0.3 is 0 Å². The maximum Gasteiger partial charge on any atom is 0.138 e. The zero-order valence-electron chi connectivity index (χ0n) is 20.5. The summed E-state index contributed by atoms with van der Waals surface area (Å²) in [5.74, 6) is 0.588. The normalized spacial score (nSPS) is 13.6. The van der Waals surface area contributed by atoms with Crippen LogP contribution in [-0.4, -0.2) is 14.8 Å². The van der Waals surface area contributed by atoms with E-state index in [1.165, 1.54) is 35.2 Å². The molecule has 0 saturated heterocycles. The van der Waals surface area contributed by atoms with Crippen molar-refractivity contribution in [2.75, 3.05) is 0 Å². The second-order valence-corrected chi connectivity index (χ2v) is 9.83. The molecule has 3 heteroatoms. The number of benzene rings is 4. The van der Waals surface area contributed by atoms with Crippen molar-refractivity contribution >= 4 is 10.9 Å². The molecule has 1 aliphatic carbocycles. The second kappa shape index (κ2) is 8.86. The first-order chi connectivity index (χ1) is 18.4. The molecule has 0 N–H and O–H groups in total. The molecule has 1 fully saturated rings. The van der Waals surface area contributed by atoms with Crippen molar-refractivity contribution in [3.8, 4) is 11.3 Å². The Kier molecular flexibility index (Phi) is 5.21. The third-order valence-corrected chi connectivity index (χ3v) is 7.53. The minimum atomic E-state index is -0.659. The van der Waals surface area contributed by atoms with Crippen LogP contribution in [0.1, 0.15) is 41.1 Å². The van der Waals surface area contributed by atoms with Crippen LogP contribution in [0.4, 0.5) is 0 Å². The molecule has 4 aromatic carbocycles. The summed E-state index contributed by atoms with van der Waals surface area (Å²) in [4.78, 5) is 4.67. The van der Waals surface area contributed by atoms with Gasteiger partial charge in [0, 0.05) is 28.8 Å². The van der Waals surface area contributed by atoms with E-state index in [2.05, 4.69) is 137 Å². The molecular formula is C34H27N3. The minimum Gasteiger partial charge on any atom is -0.261 e. The Morgan fingerprint density at radius 1 is 0.622 bits per heavy atom. The molecule has 0 radical (unpaired) electrons. The number of hydrogen-bond donors (Lipinski definition) is 0. The summed E-state index contributed by atoms with van der Waals surface area (Å²) in [6.07, 6.45) is 4.39. The van der Waals surface area contributed by atoms with Gasteiger partial charge in [0.2, 0.25) is 0 Å². The Morgan fingerprint density at radius 3 is 1.73 bits per heavy atom. The van der Waals surface area contributed by atoms with Crippen LogP contribution in [0.3, 0.4) is 0 Å². The zero-order chi connectivity index (χ0) is 24.7. The van der Waals surface area contributed by atoms with Crippen molar-refractivity contribution in [2.45, 2.75) is 24.3 Å². The molecule has 0 bridgehead atoms. The second-order valence-electron chi connectivity index (χ2n) is 9.83. The fourth-order valence-electron chi connectivity index (χ4n) is 5.64. The average Bonchev–Trinajstić information content (AvgIpc) is 3.77. The molecule has 0 spiro atoms. The lowest BCUT2D eigenvalue weighted by atomic mass is 9.77. The molecule has 1 aliphatic rings. The molecule has 2 aromatic heterocycles. The highest BCUT2D eigenvalue weighted by molar-refractivity contribution is 5.94. The minimum absolute atomic E-state index is 0.588. The van der Waals surface area contributed by atoms with E-state index in [4.69, 9.17) is 5.10 Å². The first-order valence-electron chi connectivity index (χ1n) is 13.0. The molecule has 178 valence electrons. The van der Waals surface area contributed by atoms with Gasteiger partial charge in [-0.3, -0.25) is 4.98 Å². The summed E-state index contributed by atoms with van der Waals surface area (Å²) in [7, 11) is 0. The highest BCUT2D eigenvalue weighted by Gasteiger charge is 2.41. The van der Waals surface area contributed by atoms with Crippen LogP contribution in [0.2, 0.25) is 0 Å². The number of aromatic nitrogens is 3. The molecule has 37 heavy (non-hydrogen) atoms. The lowest BCUT2D eigenvalue weighted by Gasteiger charge is -2.37. The highest BCUT2D eigenvalue weighted by Crippen LogP contribution is 2.44. The molecule has 0 atom stereocenters. The van der Waals surface area contributed by atoms with Gasteiger partial charge in [0.05, 0.1) is 5.52 Å². The summed E-state index contributed by atoms with van der Waals surface area (Å²) in [5, 5.41) is 6.61. The Balaban J connectivity index is 1.59. The zero-order valence-corrected chi connectivity index (χ0v) is 20.5. The molecule has 3 nitrogen and oxygen atoms in total. The van der Waals surface area contributed by atoms with Crippen molar-refractivity contribution in [2.24, 2.45) is 0 Å². The Bertz CT molecular complexity index is 1570.